The van der Waals surface area contributed by atoms with E-state index in [-0.39, 0.29) is 78.1 Å². The maximum absolute atomic E-state index is 12.5. The molecule has 4 rings (SSSR count). The van der Waals surface area contributed by atoms with Gasteiger partial charge in [0.05, 0.1) is 34.8 Å². The summed E-state index contributed by atoms with van der Waals surface area (Å²) in [7, 11) is 0. The van der Waals surface area contributed by atoms with Gasteiger partial charge in [-0.05, 0) is 43.7 Å². The topological polar surface area (TPSA) is 165 Å². The molecule has 0 saturated carbocycles. The van der Waals surface area contributed by atoms with E-state index in [9.17, 15) is 24.0 Å². The quantitative estimate of drug-likeness (QED) is 0.437. The van der Waals surface area contributed by atoms with Crippen LogP contribution in [0.1, 0.15) is 104 Å². The molecule has 0 saturated heterocycles. The molecule has 0 aromatic carbocycles. The Bertz CT molecular complexity index is 1360. The summed E-state index contributed by atoms with van der Waals surface area (Å²) in [5.41, 5.74) is 6.26. The summed E-state index contributed by atoms with van der Waals surface area (Å²) in [6.45, 7) is 17.3. The van der Waals surface area contributed by atoms with Crippen molar-refractivity contribution in [3.8, 4) is 0 Å². The first-order valence-electron chi connectivity index (χ1n) is 14.1. The third-order valence-electron chi connectivity index (χ3n) is 7.14. The molecule has 4 heterocycles. The maximum Gasteiger partial charge on any atom is 0.407 e. The number of pyridine rings is 2. The number of carbonyl (C=O) groups excluding carboxylic acids is 5. The molecule has 2 aromatic rings. The summed E-state index contributed by atoms with van der Waals surface area (Å²) >= 11 is 0. The lowest BCUT2D eigenvalue weighted by Gasteiger charge is -2.34. The zero-order chi connectivity index (χ0) is 32.5. The average molecular weight is 668 g/mol. The van der Waals surface area contributed by atoms with Gasteiger partial charge in [-0.2, -0.15) is 0 Å². The van der Waals surface area contributed by atoms with Crippen molar-refractivity contribution in [3.05, 3.63) is 59.2 Å². The van der Waals surface area contributed by atoms with Gasteiger partial charge >= 0.3 is 6.09 Å². The van der Waals surface area contributed by atoms with Crippen LogP contribution in [0.15, 0.2) is 36.9 Å². The second-order valence-corrected chi connectivity index (χ2v) is 13.8. The van der Waals surface area contributed by atoms with Gasteiger partial charge < -0.3 is 15.8 Å². The minimum absolute atomic E-state index is 0. The smallest absolute Gasteiger partial charge is 0.407 e. The van der Waals surface area contributed by atoms with E-state index in [1.807, 2.05) is 41.5 Å². The number of hydrogen-bond acceptors (Lipinski definition) is 9. The summed E-state index contributed by atoms with van der Waals surface area (Å²) in [6, 6.07) is 2.38. The van der Waals surface area contributed by atoms with Crippen molar-refractivity contribution in [2.24, 2.45) is 16.6 Å². The zero-order valence-electron chi connectivity index (χ0n) is 27.2. The largest absolute Gasteiger partial charge is 0.444 e. The highest BCUT2D eigenvalue weighted by Crippen LogP contribution is 2.27. The Labute approximate surface area is 276 Å². The normalized spacial score (nSPS) is 15.6. The number of carbonyl (C=O) groups is 5. The SMILES string of the molecule is CC(C)(C)OC(=O)N[C@H](CN1C(=O)c2ccncc2C1=O)C(C)(C)C.CC(C)(C)[C@H](N)CN1C(=O)c2ccncc2C1=O.Cl.Cl. The van der Waals surface area contributed by atoms with Crippen molar-refractivity contribution in [1.82, 2.24) is 25.1 Å². The van der Waals surface area contributed by atoms with Crippen LogP contribution >= 0.6 is 24.8 Å². The Morgan fingerprint density at radius 2 is 1.13 bits per heavy atom. The van der Waals surface area contributed by atoms with Crippen LogP contribution in [0.5, 0.6) is 0 Å². The van der Waals surface area contributed by atoms with Crippen LogP contribution in [0.4, 0.5) is 4.79 Å². The number of ether oxygens (including phenoxy) is 1. The van der Waals surface area contributed by atoms with Crippen molar-refractivity contribution in [2.75, 3.05) is 13.1 Å². The van der Waals surface area contributed by atoms with Crippen molar-refractivity contribution < 1.29 is 28.7 Å². The van der Waals surface area contributed by atoms with Crippen molar-refractivity contribution in [2.45, 2.75) is 80.0 Å². The fourth-order valence-electron chi connectivity index (χ4n) is 4.24. The summed E-state index contributed by atoms with van der Waals surface area (Å²) in [4.78, 5) is 71.5. The van der Waals surface area contributed by atoms with Gasteiger partial charge in [-0.1, -0.05) is 41.5 Å². The number of halogens is 2. The maximum atomic E-state index is 12.5. The number of aromatic nitrogens is 2. The number of nitrogens with two attached hydrogens (primary N) is 1. The first-order chi connectivity index (χ1) is 19.7. The van der Waals surface area contributed by atoms with Gasteiger partial charge in [0.15, 0.2) is 0 Å². The molecule has 3 N–H and O–H groups in total. The van der Waals surface area contributed by atoms with Crippen LogP contribution < -0.4 is 11.1 Å². The van der Waals surface area contributed by atoms with Crippen molar-refractivity contribution in [1.29, 1.82) is 0 Å². The van der Waals surface area contributed by atoms with Gasteiger partial charge in [-0.15, -0.1) is 24.8 Å². The molecule has 45 heavy (non-hydrogen) atoms. The number of nitrogens with one attached hydrogen (secondary N) is 1. The second kappa shape index (κ2) is 14.7. The number of amides is 5. The number of hydrogen-bond donors (Lipinski definition) is 2. The van der Waals surface area contributed by atoms with Gasteiger partial charge in [-0.25, -0.2) is 4.79 Å². The zero-order valence-corrected chi connectivity index (χ0v) is 28.8. The molecule has 2 atom stereocenters. The minimum atomic E-state index is -0.631. The van der Waals surface area contributed by atoms with Crippen LogP contribution in [0.25, 0.3) is 0 Å². The monoisotopic (exact) mass is 666 g/mol. The number of nitrogens with zero attached hydrogens (tertiary/aromatic N) is 4. The lowest BCUT2D eigenvalue weighted by atomic mass is 9.86. The van der Waals surface area contributed by atoms with Crippen LogP contribution in [0, 0.1) is 10.8 Å². The van der Waals surface area contributed by atoms with Gasteiger partial charge in [-0.3, -0.25) is 38.9 Å². The third kappa shape index (κ3) is 9.44. The Hall–Kier alpha value is -3.61. The molecule has 5 amide bonds. The Morgan fingerprint density at radius 1 is 0.733 bits per heavy atom. The highest BCUT2D eigenvalue weighted by molar-refractivity contribution is 6.21. The molecule has 0 fully saturated rings. The van der Waals surface area contributed by atoms with E-state index in [1.165, 1.54) is 35.8 Å². The standard InChI is InChI=1S/C18H25N3O4.C13H17N3O2.2ClH/c1-17(2,3)13(20-16(24)25-18(4,5)6)10-21-14(22)11-7-8-19-9-12(11)15(21)23;1-13(2,3)10(14)7-16-11(17)8-4-5-15-6-9(8)12(16)18;;/h7-9,13H,10H2,1-6H3,(H,20,24);4-6,10H,7,14H2,1-3H3;2*1H/t13-;10-;;/m11../s1. The van der Waals surface area contributed by atoms with Crippen LogP contribution in [0.3, 0.4) is 0 Å². The molecule has 0 radical (unpaired) electrons. The fraction of sp³-hybridized carbons (Fsp3) is 0.516. The molecule has 2 aliphatic heterocycles. The summed E-state index contributed by atoms with van der Waals surface area (Å²) in [5, 5.41) is 2.79. The molecule has 2 aromatic heterocycles. The number of fused-ring (bicyclic) bond motifs is 2. The van der Waals surface area contributed by atoms with E-state index < -0.39 is 23.6 Å². The van der Waals surface area contributed by atoms with Gasteiger partial charge in [0.25, 0.3) is 23.6 Å². The van der Waals surface area contributed by atoms with E-state index in [4.69, 9.17) is 10.5 Å². The van der Waals surface area contributed by atoms with Crippen LogP contribution in [0.2, 0.25) is 0 Å². The molecule has 0 bridgehead atoms. The highest BCUT2D eigenvalue weighted by Gasteiger charge is 2.40. The average Bonchev–Trinajstić information content (AvgIpc) is 3.27. The Morgan fingerprint density at radius 3 is 1.49 bits per heavy atom. The summed E-state index contributed by atoms with van der Waals surface area (Å²) in [6.07, 6.45) is 5.23. The van der Waals surface area contributed by atoms with Crippen molar-refractivity contribution in [3.63, 3.8) is 0 Å². The first kappa shape index (κ1) is 39.4. The van der Waals surface area contributed by atoms with E-state index in [0.717, 1.165) is 4.90 Å². The number of imide groups is 2. The predicted molar refractivity (Wildman–Crippen MR) is 174 cm³/mol. The predicted octanol–water partition coefficient (Wildman–Crippen LogP) is 4.51. The molecule has 0 spiro atoms. The fourth-order valence-corrected chi connectivity index (χ4v) is 4.24. The number of rotatable bonds is 5. The van der Waals surface area contributed by atoms with E-state index >= 15 is 0 Å². The van der Waals surface area contributed by atoms with E-state index in [0.29, 0.717) is 16.7 Å². The van der Waals surface area contributed by atoms with Gasteiger partial charge in [0.2, 0.25) is 0 Å². The molecule has 248 valence electrons. The highest BCUT2D eigenvalue weighted by atomic mass is 35.5. The van der Waals surface area contributed by atoms with Gasteiger partial charge in [0.1, 0.15) is 5.60 Å². The van der Waals surface area contributed by atoms with E-state index in [2.05, 4.69) is 15.3 Å². The lowest BCUT2D eigenvalue weighted by molar-refractivity contribution is 0.0410. The molecular weight excluding hydrogens is 623 g/mol. The third-order valence-corrected chi connectivity index (χ3v) is 7.14. The molecular formula is C31H44Cl2N6O6. The van der Waals surface area contributed by atoms with Crippen molar-refractivity contribution >= 4 is 54.5 Å². The second-order valence-electron chi connectivity index (χ2n) is 13.8. The van der Waals surface area contributed by atoms with E-state index in [1.54, 1.807) is 26.8 Å². The van der Waals surface area contributed by atoms with Crippen LogP contribution in [-0.2, 0) is 4.74 Å². The Balaban J connectivity index is 0.000000451. The minimum Gasteiger partial charge on any atom is -0.444 e. The molecule has 14 heteroatoms. The van der Waals surface area contributed by atoms with Gasteiger partial charge in [0, 0.05) is 37.4 Å². The number of alkyl carbamates (subject to hydrolysis) is 1. The molecule has 0 aliphatic carbocycles. The lowest BCUT2D eigenvalue weighted by Crippen LogP contribution is -2.52. The summed E-state index contributed by atoms with van der Waals surface area (Å²) in [5.74, 6) is -1.35. The molecule has 2 aliphatic rings. The summed E-state index contributed by atoms with van der Waals surface area (Å²) < 4.78 is 5.29. The van der Waals surface area contributed by atoms with Crippen LogP contribution in [-0.4, -0.2) is 80.3 Å². The Kier molecular flexibility index (Phi) is 12.8. The molecule has 0 unspecified atom stereocenters. The molecule has 12 nitrogen and oxygen atoms in total. The first-order valence-corrected chi connectivity index (χ1v) is 14.1.